The maximum Gasteiger partial charge on any atom is 0.201 e. The van der Waals surface area contributed by atoms with Gasteiger partial charge in [-0.1, -0.05) is 49.7 Å². The van der Waals surface area contributed by atoms with Gasteiger partial charge >= 0.3 is 0 Å². The third kappa shape index (κ3) is 3.85. The number of hydrogen-bond donors (Lipinski definition) is 0. The number of ketones is 1. The summed E-state index contributed by atoms with van der Waals surface area (Å²) in [6.07, 6.45) is 0. The van der Waals surface area contributed by atoms with Crippen molar-refractivity contribution in [1.29, 1.82) is 0 Å². The zero-order valence-electron chi connectivity index (χ0n) is 12.5. The number of Topliss-reactive ketones (excluding diaryl/α,β-unsaturated/α-hetero) is 1. The monoisotopic (exact) mass is 302 g/mol. The Kier molecular flexibility index (Phi) is 5.03. The Hall–Kier alpha value is -1.80. The molecule has 0 N–H and O–H groups in total. The summed E-state index contributed by atoms with van der Waals surface area (Å²) < 4.78 is 5.69. The maximum atomic E-state index is 12.2. The molecule has 2 aromatic rings. The second-order valence-corrected chi connectivity index (χ2v) is 5.78. The molecule has 2 aromatic carbocycles. The summed E-state index contributed by atoms with van der Waals surface area (Å²) in [5.74, 6) is 1.06. The lowest BCUT2D eigenvalue weighted by atomic mass is 10.0. The molecule has 0 aromatic heterocycles. The number of halogens is 1. The summed E-state index contributed by atoms with van der Waals surface area (Å²) in [6, 6.07) is 13.1. The molecule has 0 radical (unpaired) electrons. The van der Waals surface area contributed by atoms with E-state index in [4.69, 9.17) is 16.3 Å². The van der Waals surface area contributed by atoms with Crippen LogP contribution in [-0.2, 0) is 0 Å². The molecular weight excluding hydrogens is 284 g/mol. The molecular formula is C18H19ClO2. The second kappa shape index (κ2) is 6.77. The van der Waals surface area contributed by atoms with Gasteiger partial charge < -0.3 is 4.74 Å². The Morgan fingerprint density at radius 3 is 2.57 bits per heavy atom. The first-order chi connectivity index (χ1) is 9.99. The molecule has 0 amide bonds. The quantitative estimate of drug-likeness (QED) is 0.724. The lowest BCUT2D eigenvalue weighted by Crippen LogP contribution is -2.12. The summed E-state index contributed by atoms with van der Waals surface area (Å²) in [7, 11) is 0. The highest BCUT2D eigenvalue weighted by Gasteiger charge is 2.12. The van der Waals surface area contributed by atoms with Gasteiger partial charge in [0.25, 0.3) is 0 Å². The van der Waals surface area contributed by atoms with Gasteiger partial charge in [-0.2, -0.15) is 0 Å². The zero-order chi connectivity index (χ0) is 15.4. The average molecular weight is 303 g/mol. The van der Waals surface area contributed by atoms with Crippen molar-refractivity contribution in [3.05, 3.63) is 64.2 Å². The van der Waals surface area contributed by atoms with Crippen LogP contribution >= 0.6 is 11.6 Å². The van der Waals surface area contributed by atoms with Gasteiger partial charge in [0.05, 0.1) is 5.02 Å². The van der Waals surface area contributed by atoms with E-state index < -0.39 is 0 Å². The molecule has 2 nitrogen and oxygen atoms in total. The van der Waals surface area contributed by atoms with Crippen molar-refractivity contribution in [1.82, 2.24) is 0 Å². The van der Waals surface area contributed by atoms with Crippen LogP contribution in [-0.4, -0.2) is 12.4 Å². The van der Waals surface area contributed by atoms with Gasteiger partial charge in [-0.15, -0.1) is 0 Å². The standard InChI is InChI=1S/C18H19ClO2/c1-12(2)14-9-8-13(3)18(10-14)21-11-17(20)15-6-4-5-7-16(15)19/h4-10,12H,11H2,1-3H3. The average Bonchev–Trinajstić information content (AvgIpc) is 2.46. The van der Waals surface area contributed by atoms with E-state index in [-0.39, 0.29) is 12.4 Å². The molecule has 0 saturated carbocycles. The molecule has 0 fully saturated rings. The van der Waals surface area contributed by atoms with Gasteiger partial charge in [0, 0.05) is 5.56 Å². The number of hydrogen-bond acceptors (Lipinski definition) is 2. The highest BCUT2D eigenvalue weighted by Crippen LogP contribution is 2.24. The van der Waals surface area contributed by atoms with Gasteiger partial charge in [-0.3, -0.25) is 4.79 Å². The number of carbonyl (C=O) groups excluding carboxylic acids is 1. The van der Waals surface area contributed by atoms with Crippen molar-refractivity contribution >= 4 is 17.4 Å². The van der Waals surface area contributed by atoms with Crippen molar-refractivity contribution < 1.29 is 9.53 Å². The van der Waals surface area contributed by atoms with Gasteiger partial charge in [-0.25, -0.2) is 0 Å². The SMILES string of the molecule is Cc1ccc(C(C)C)cc1OCC(=O)c1ccccc1Cl. The third-order valence-electron chi connectivity index (χ3n) is 3.41. The Bertz CT molecular complexity index is 647. The summed E-state index contributed by atoms with van der Waals surface area (Å²) >= 11 is 6.02. The molecule has 0 unspecified atom stereocenters. The smallest absolute Gasteiger partial charge is 0.201 e. The van der Waals surface area contributed by atoms with Crippen LogP contribution in [0.15, 0.2) is 42.5 Å². The predicted octanol–water partition coefficient (Wildman–Crippen LogP) is 5.03. The number of carbonyl (C=O) groups is 1. The Labute approximate surface area is 130 Å². The first kappa shape index (κ1) is 15.6. The van der Waals surface area contributed by atoms with Crippen LogP contribution in [0, 0.1) is 6.92 Å². The number of ether oxygens (including phenoxy) is 1. The lowest BCUT2D eigenvalue weighted by molar-refractivity contribution is 0.0921. The summed E-state index contributed by atoms with van der Waals surface area (Å²) in [4.78, 5) is 12.2. The molecule has 2 rings (SSSR count). The minimum absolute atomic E-state index is 0.00782. The van der Waals surface area contributed by atoms with Crippen LogP contribution < -0.4 is 4.74 Å². The summed E-state index contributed by atoms with van der Waals surface area (Å²) in [5.41, 5.74) is 2.71. The molecule has 21 heavy (non-hydrogen) atoms. The Morgan fingerprint density at radius 2 is 1.90 bits per heavy atom. The molecule has 0 aliphatic carbocycles. The first-order valence-electron chi connectivity index (χ1n) is 7.00. The largest absolute Gasteiger partial charge is 0.485 e. The van der Waals surface area contributed by atoms with Crippen LogP contribution in [0.25, 0.3) is 0 Å². The van der Waals surface area contributed by atoms with E-state index in [1.165, 1.54) is 5.56 Å². The van der Waals surface area contributed by atoms with Gasteiger partial charge in [0.1, 0.15) is 5.75 Å². The van der Waals surface area contributed by atoms with E-state index in [0.717, 1.165) is 11.3 Å². The minimum Gasteiger partial charge on any atom is -0.485 e. The van der Waals surface area contributed by atoms with Crippen LogP contribution in [0.2, 0.25) is 5.02 Å². The van der Waals surface area contributed by atoms with Gasteiger partial charge in [0.15, 0.2) is 6.61 Å². The molecule has 0 aliphatic rings. The Morgan fingerprint density at radius 1 is 1.19 bits per heavy atom. The van der Waals surface area contributed by atoms with Gasteiger partial charge in [-0.05, 0) is 42.2 Å². The molecule has 0 spiro atoms. The molecule has 110 valence electrons. The van der Waals surface area contributed by atoms with Crippen molar-refractivity contribution in [2.24, 2.45) is 0 Å². The van der Waals surface area contributed by atoms with E-state index in [1.807, 2.05) is 19.1 Å². The van der Waals surface area contributed by atoms with Gasteiger partial charge in [0.2, 0.25) is 5.78 Å². The normalized spacial score (nSPS) is 10.7. The van der Waals surface area contributed by atoms with Crippen molar-refractivity contribution in [2.75, 3.05) is 6.61 Å². The summed E-state index contributed by atoms with van der Waals surface area (Å²) in [6.45, 7) is 6.22. The van der Waals surface area contributed by atoms with Crippen LogP contribution in [0.4, 0.5) is 0 Å². The Balaban J connectivity index is 2.11. The fraction of sp³-hybridized carbons (Fsp3) is 0.278. The van der Waals surface area contributed by atoms with E-state index in [1.54, 1.807) is 24.3 Å². The van der Waals surface area contributed by atoms with Crippen molar-refractivity contribution in [2.45, 2.75) is 26.7 Å². The van der Waals surface area contributed by atoms with E-state index in [0.29, 0.717) is 16.5 Å². The topological polar surface area (TPSA) is 26.3 Å². The fourth-order valence-corrected chi connectivity index (χ4v) is 2.28. The number of aryl methyl sites for hydroxylation is 1. The number of benzene rings is 2. The van der Waals surface area contributed by atoms with E-state index in [9.17, 15) is 4.79 Å². The second-order valence-electron chi connectivity index (χ2n) is 5.37. The first-order valence-corrected chi connectivity index (χ1v) is 7.38. The molecule has 0 bridgehead atoms. The van der Waals surface area contributed by atoms with E-state index in [2.05, 4.69) is 19.9 Å². The zero-order valence-corrected chi connectivity index (χ0v) is 13.3. The van der Waals surface area contributed by atoms with E-state index >= 15 is 0 Å². The van der Waals surface area contributed by atoms with Crippen molar-refractivity contribution in [3.8, 4) is 5.75 Å². The van der Waals surface area contributed by atoms with Crippen LogP contribution in [0.1, 0.15) is 41.3 Å². The minimum atomic E-state index is -0.116. The summed E-state index contributed by atoms with van der Waals surface area (Å²) in [5, 5.41) is 0.457. The molecule has 0 atom stereocenters. The lowest BCUT2D eigenvalue weighted by Gasteiger charge is -2.12. The van der Waals surface area contributed by atoms with Crippen molar-refractivity contribution in [3.63, 3.8) is 0 Å². The van der Waals surface area contributed by atoms with Crippen LogP contribution in [0.5, 0.6) is 5.75 Å². The van der Waals surface area contributed by atoms with Crippen LogP contribution in [0.3, 0.4) is 0 Å². The molecule has 0 saturated heterocycles. The fourth-order valence-electron chi connectivity index (χ4n) is 2.04. The molecule has 0 heterocycles. The number of rotatable bonds is 5. The highest BCUT2D eigenvalue weighted by atomic mass is 35.5. The predicted molar refractivity (Wildman–Crippen MR) is 86.5 cm³/mol. The maximum absolute atomic E-state index is 12.2. The third-order valence-corrected chi connectivity index (χ3v) is 3.74. The molecule has 3 heteroatoms. The highest BCUT2D eigenvalue weighted by molar-refractivity contribution is 6.34. The molecule has 0 aliphatic heterocycles.